The molecule has 1 rings (SSSR count). The molecule has 124 valence electrons. The Balaban J connectivity index is 0.00000400. The maximum absolute atomic E-state index is 12.1. The van der Waals surface area contributed by atoms with Gasteiger partial charge in [0.15, 0.2) is 5.96 Å². The van der Waals surface area contributed by atoms with Crippen LogP contribution in [0.4, 0.5) is 4.39 Å². The maximum Gasteiger partial charge on any atom is 0.225 e. The number of hydrogen-bond donors (Lipinski definition) is 2. The Morgan fingerprint density at radius 3 is 2.76 bits per heavy atom. The summed E-state index contributed by atoms with van der Waals surface area (Å²) < 4.78 is 12.1. The predicted octanol–water partition coefficient (Wildman–Crippen LogP) is 1.78. The summed E-state index contributed by atoms with van der Waals surface area (Å²) in [4.78, 5) is 18.1. The van der Waals surface area contributed by atoms with Crippen molar-refractivity contribution in [3.05, 3.63) is 0 Å². The van der Waals surface area contributed by atoms with Gasteiger partial charge in [-0.1, -0.05) is 13.8 Å². The van der Waals surface area contributed by atoms with Crippen LogP contribution in [-0.2, 0) is 4.79 Å². The van der Waals surface area contributed by atoms with E-state index >= 15 is 0 Å². The van der Waals surface area contributed by atoms with Gasteiger partial charge in [0.2, 0.25) is 5.91 Å². The number of aliphatic imine (C=N–C) groups is 1. The number of carbonyl (C=O) groups excluding carboxylic acids is 1. The van der Waals surface area contributed by atoms with Gasteiger partial charge in [0.05, 0.1) is 6.67 Å². The Hall–Kier alpha value is -0.600. The molecule has 0 aliphatic carbocycles. The molecule has 5 nitrogen and oxygen atoms in total. The fraction of sp³-hybridized carbons (Fsp3) is 0.857. The van der Waals surface area contributed by atoms with E-state index in [4.69, 9.17) is 0 Å². The molecule has 0 aromatic heterocycles. The van der Waals surface area contributed by atoms with E-state index in [1.54, 1.807) is 0 Å². The van der Waals surface area contributed by atoms with Gasteiger partial charge in [-0.05, 0) is 19.8 Å². The van der Waals surface area contributed by atoms with Gasteiger partial charge < -0.3 is 15.5 Å². The minimum atomic E-state index is -0.344. The van der Waals surface area contributed by atoms with Crippen molar-refractivity contribution in [1.82, 2.24) is 15.5 Å². The standard InChI is InChI=1S/C14H27FN4O.HI/c1-4-16-14(17-8-5-7-15)18-12-6-9-19(10-12)13(20)11(2)3;/h11-12H,4-10H2,1-3H3,(H2,16,17,18);1H. The molecule has 0 aromatic rings. The van der Waals surface area contributed by atoms with Crippen molar-refractivity contribution < 1.29 is 9.18 Å². The van der Waals surface area contributed by atoms with Crippen LogP contribution < -0.4 is 10.6 Å². The highest BCUT2D eigenvalue weighted by atomic mass is 127. The predicted molar refractivity (Wildman–Crippen MR) is 94.9 cm³/mol. The van der Waals surface area contributed by atoms with Crippen molar-refractivity contribution in [2.24, 2.45) is 10.9 Å². The summed E-state index contributed by atoms with van der Waals surface area (Å²) in [6.07, 6.45) is 1.37. The van der Waals surface area contributed by atoms with E-state index < -0.39 is 0 Å². The largest absolute Gasteiger partial charge is 0.357 e. The molecule has 1 heterocycles. The maximum atomic E-state index is 12.1. The lowest BCUT2D eigenvalue weighted by Gasteiger charge is -2.20. The zero-order chi connectivity index (χ0) is 15.0. The van der Waals surface area contributed by atoms with Crippen molar-refractivity contribution >= 4 is 35.8 Å². The first kappa shape index (κ1) is 20.4. The molecule has 21 heavy (non-hydrogen) atoms. The Kier molecular flexibility index (Phi) is 10.7. The molecule has 0 radical (unpaired) electrons. The quantitative estimate of drug-likeness (QED) is 0.302. The summed E-state index contributed by atoms with van der Waals surface area (Å²) in [5.74, 6) is 0.957. The second-order valence-electron chi connectivity index (χ2n) is 5.37. The van der Waals surface area contributed by atoms with Crippen LogP contribution in [0.3, 0.4) is 0 Å². The number of rotatable bonds is 6. The first-order valence-corrected chi connectivity index (χ1v) is 7.48. The third-order valence-electron chi connectivity index (χ3n) is 3.24. The molecule has 1 atom stereocenters. The molecule has 1 aliphatic rings. The van der Waals surface area contributed by atoms with Crippen LogP contribution in [0.25, 0.3) is 0 Å². The molecule has 0 bridgehead atoms. The molecule has 2 N–H and O–H groups in total. The molecular formula is C14H28FIN4O. The van der Waals surface area contributed by atoms with Gasteiger partial charge in [-0.3, -0.25) is 14.2 Å². The van der Waals surface area contributed by atoms with Gasteiger partial charge in [-0.2, -0.15) is 0 Å². The molecular weight excluding hydrogens is 386 g/mol. The van der Waals surface area contributed by atoms with Crippen molar-refractivity contribution in [3.63, 3.8) is 0 Å². The van der Waals surface area contributed by atoms with Crippen LogP contribution in [0, 0.1) is 5.92 Å². The number of likely N-dealkylation sites (tertiary alicyclic amines) is 1. The number of alkyl halides is 1. The van der Waals surface area contributed by atoms with E-state index in [0.29, 0.717) is 25.5 Å². The zero-order valence-corrected chi connectivity index (χ0v) is 15.5. The average molecular weight is 414 g/mol. The summed E-state index contributed by atoms with van der Waals surface area (Å²) in [6, 6.07) is 0.223. The van der Waals surface area contributed by atoms with Crippen LogP contribution in [0.15, 0.2) is 4.99 Å². The Labute approximate surface area is 144 Å². The Bertz CT molecular complexity index is 339. The number of nitrogens with zero attached hydrogens (tertiary/aromatic N) is 2. The van der Waals surface area contributed by atoms with Crippen molar-refractivity contribution in [3.8, 4) is 0 Å². The minimum Gasteiger partial charge on any atom is -0.357 e. The third kappa shape index (κ3) is 7.28. The van der Waals surface area contributed by atoms with Crippen molar-refractivity contribution in [2.45, 2.75) is 39.7 Å². The van der Waals surface area contributed by atoms with E-state index in [9.17, 15) is 9.18 Å². The molecule has 1 fully saturated rings. The van der Waals surface area contributed by atoms with Crippen LogP contribution in [0.2, 0.25) is 0 Å². The highest BCUT2D eigenvalue weighted by Gasteiger charge is 2.27. The number of nitrogens with one attached hydrogen (secondary N) is 2. The summed E-state index contributed by atoms with van der Waals surface area (Å²) in [7, 11) is 0. The monoisotopic (exact) mass is 414 g/mol. The lowest BCUT2D eigenvalue weighted by Crippen LogP contribution is -2.45. The lowest BCUT2D eigenvalue weighted by molar-refractivity contribution is -0.133. The summed E-state index contributed by atoms with van der Waals surface area (Å²) >= 11 is 0. The van der Waals surface area contributed by atoms with Gasteiger partial charge in [0, 0.05) is 38.1 Å². The topological polar surface area (TPSA) is 56.7 Å². The van der Waals surface area contributed by atoms with Crippen LogP contribution in [0.1, 0.15) is 33.6 Å². The Morgan fingerprint density at radius 2 is 2.19 bits per heavy atom. The highest BCUT2D eigenvalue weighted by molar-refractivity contribution is 14.0. The second kappa shape index (κ2) is 11.0. The van der Waals surface area contributed by atoms with Crippen molar-refractivity contribution in [1.29, 1.82) is 0 Å². The van der Waals surface area contributed by atoms with E-state index in [-0.39, 0.29) is 48.5 Å². The number of guanidine groups is 1. The van der Waals surface area contributed by atoms with Crippen LogP contribution in [-0.4, -0.2) is 55.7 Å². The number of carbonyl (C=O) groups is 1. The van der Waals surface area contributed by atoms with Gasteiger partial charge in [-0.15, -0.1) is 24.0 Å². The lowest BCUT2D eigenvalue weighted by atomic mass is 10.2. The summed E-state index contributed by atoms with van der Waals surface area (Å²) in [5.41, 5.74) is 0. The van der Waals surface area contributed by atoms with Crippen molar-refractivity contribution in [2.75, 3.05) is 32.9 Å². The molecule has 7 heteroatoms. The molecule has 1 saturated heterocycles. The van der Waals surface area contributed by atoms with E-state index in [1.165, 1.54) is 0 Å². The van der Waals surface area contributed by atoms with E-state index in [1.807, 2.05) is 25.7 Å². The van der Waals surface area contributed by atoms with Gasteiger partial charge in [0.25, 0.3) is 0 Å². The van der Waals surface area contributed by atoms with Gasteiger partial charge in [-0.25, -0.2) is 0 Å². The minimum absolute atomic E-state index is 0. The molecule has 1 unspecified atom stereocenters. The molecule has 0 aromatic carbocycles. The number of hydrogen-bond acceptors (Lipinski definition) is 2. The average Bonchev–Trinajstić information content (AvgIpc) is 2.86. The first-order chi connectivity index (χ1) is 9.58. The van der Waals surface area contributed by atoms with E-state index in [2.05, 4.69) is 15.6 Å². The highest BCUT2D eigenvalue weighted by Crippen LogP contribution is 2.12. The summed E-state index contributed by atoms with van der Waals surface area (Å²) in [5, 5.41) is 6.47. The molecule has 1 amide bonds. The first-order valence-electron chi connectivity index (χ1n) is 7.48. The van der Waals surface area contributed by atoms with Gasteiger partial charge in [0.1, 0.15) is 0 Å². The Morgan fingerprint density at radius 1 is 1.48 bits per heavy atom. The third-order valence-corrected chi connectivity index (χ3v) is 3.24. The molecule has 1 aliphatic heterocycles. The number of halogens is 2. The molecule has 0 saturated carbocycles. The fourth-order valence-electron chi connectivity index (χ4n) is 2.21. The van der Waals surface area contributed by atoms with Crippen LogP contribution >= 0.6 is 24.0 Å². The fourth-order valence-corrected chi connectivity index (χ4v) is 2.21. The second-order valence-corrected chi connectivity index (χ2v) is 5.37. The van der Waals surface area contributed by atoms with Gasteiger partial charge >= 0.3 is 0 Å². The number of amides is 1. The van der Waals surface area contributed by atoms with E-state index in [0.717, 1.165) is 19.5 Å². The molecule has 0 spiro atoms. The SMILES string of the molecule is CCNC(=NCCCF)NC1CCN(C(=O)C(C)C)C1.I. The van der Waals surface area contributed by atoms with Crippen LogP contribution in [0.5, 0.6) is 0 Å². The summed E-state index contributed by atoms with van der Waals surface area (Å²) in [6.45, 7) is 8.24. The normalized spacial score (nSPS) is 18.6. The smallest absolute Gasteiger partial charge is 0.225 e. The zero-order valence-electron chi connectivity index (χ0n) is 13.2.